The zero-order valence-corrected chi connectivity index (χ0v) is 11.2. The van der Waals surface area contributed by atoms with Crippen molar-refractivity contribution in [3.05, 3.63) is 47.6 Å². The molecule has 1 aromatic carbocycles. The van der Waals surface area contributed by atoms with E-state index in [4.69, 9.17) is 11.6 Å². The first-order chi connectivity index (χ1) is 8.04. The van der Waals surface area contributed by atoms with Crippen molar-refractivity contribution in [2.45, 2.75) is 0 Å². The van der Waals surface area contributed by atoms with Crippen molar-refractivity contribution < 1.29 is 5.11 Å². The summed E-state index contributed by atoms with van der Waals surface area (Å²) in [5, 5.41) is 10.7. The molecule has 2 aromatic rings. The number of hydrogen-bond acceptors (Lipinski definition) is 2. The maximum absolute atomic E-state index is 9.43. The van der Waals surface area contributed by atoms with Gasteiger partial charge in [-0.3, -0.25) is 0 Å². The predicted molar refractivity (Wildman–Crippen MR) is 76.5 cm³/mol. The van der Waals surface area contributed by atoms with Gasteiger partial charge in [-0.05, 0) is 18.2 Å². The van der Waals surface area contributed by atoms with Gasteiger partial charge in [0.15, 0.2) is 0 Å². The molecule has 2 rings (SSSR count). The first-order valence-corrected chi connectivity index (χ1v) is 6.01. The smallest absolute Gasteiger partial charge is 0.117 e. The molecule has 1 heterocycles. The van der Waals surface area contributed by atoms with E-state index in [2.05, 4.69) is 34.1 Å². The minimum atomic E-state index is 0.154. The number of fused-ring (bicyclic) bond motifs is 1. The summed E-state index contributed by atoms with van der Waals surface area (Å²) in [6.07, 6.45) is 1.61. The van der Waals surface area contributed by atoms with E-state index >= 15 is 0 Å². The molecule has 0 saturated carbocycles. The van der Waals surface area contributed by atoms with Crippen LogP contribution in [0.25, 0.3) is 21.5 Å². The first-order valence-electron chi connectivity index (χ1n) is 4.84. The molecule has 0 unspecified atom stereocenters. The predicted octanol–water partition coefficient (Wildman–Crippen LogP) is 4.60. The summed E-state index contributed by atoms with van der Waals surface area (Å²) in [5.41, 5.74) is 1.98. The second kappa shape index (κ2) is 4.51. The normalized spacial score (nSPS) is 10.5. The van der Waals surface area contributed by atoms with Crippen molar-refractivity contribution in [1.82, 2.24) is 4.98 Å². The molecule has 0 spiro atoms. The average Bonchev–Trinajstić information content (AvgIpc) is 2.27. The fraction of sp³-hybridized carbons (Fsp3) is 0. The number of nitrogens with zero attached hydrogens (tertiary/aromatic N) is 1. The average molecular weight is 311 g/mol. The van der Waals surface area contributed by atoms with Gasteiger partial charge < -0.3 is 5.11 Å². The Balaban J connectivity index is 2.92. The Bertz CT molecular complexity index is 637. The van der Waals surface area contributed by atoms with Crippen LogP contribution < -0.4 is 0 Å². The topological polar surface area (TPSA) is 33.1 Å². The van der Waals surface area contributed by atoms with E-state index in [-0.39, 0.29) is 5.75 Å². The second-order valence-corrected chi connectivity index (χ2v) is 4.83. The molecule has 0 fully saturated rings. The molecule has 0 amide bonds. The summed E-state index contributed by atoms with van der Waals surface area (Å²) >= 11 is 9.62. The third-order valence-electron chi connectivity index (χ3n) is 2.40. The Labute approximate surface area is 112 Å². The van der Waals surface area contributed by atoms with E-state index in [0.717, 1.165) is 10.9 Å². The summed E-state index contributed by atoms with van der Waals surface area (Å²) in [7, 11) is 0. The van der Waals surface area contributed by atoms with Gasteiger partial charge in [-0.25, -0.2) is 4.98 Å². The SMILES string of the molecule is C=Cc1nc2cc(O)ccc2c(Cl)c1C(=C)Br. The maximum atomic E-state index is 9.43. The number of hydrogen-bond donors (Lipinski definition) is 1. The van der Waals surface area contributed by atoms with E-state index in [1.165, 1.54) is 0 Å². The summed E-state index contributed by atoms with van der Waals surface area (Å²) in [4.78, 5) is 4.38. The Morgan fingerprint density at radius 3 is 2.76 bits per heavy atom. The van der Waals surface area contributed by atoms with Gasteiger partial charge in [0.1, 0.15) is 5.75 Å². The van der Waals surface area contributed by atoms with E-state index in [1.807, 2.05) is 0 Å². The van der Waals surface area contributed by atoms with Gasteiger partial charge in [0.2, 0.25) is 0 Å². The van der Waals surface area contributed by atoms with Crippen LogP contribution in [0.15, 0.2) is 31.4 Å². The highest BCUT2D eigenvalue weighted by Gasteiger charge is 2.13. The highest BCUT2D eigenvalue weighted by Crippen LogP contribution is 2.36. The molecule has 0 saturated heterocycles. The standard InChI is InChI=1S/C13H9BrClNO/c1-3-10-12(7(2)14)13(15)9-5-4-8(17)6-11(9)16-10/h3-6,17H,1-2H2. The fourth-order valence-electron chi connectivity index (χ4n) is 1.64. The third kappa shape index (κ3) is 2.08. The summed E-state index contributed by atoms with van der Waals surface area (Å²) < 4.78 is 0.653. The van der Waals surface area contributed by atoms with E-state index in [1.54, 1.807) is 24.3 Å². The van der Waals surface area contributed by atoms with Crippen LogP contribution in [0.1, 0.15) is 11.3 Å². The highest BCUT2D eigenvalue weighted by atomic mass is 79.9. The molecule has 1 N–H and O–H groups in total. The van der Waals surface area contributed by atoms with Crippen molar-refractivity contribution in [3.8, 4) is 5.75 Å². The van der Waals surface area contributed by atoms with Crippen molar-refractivity contribution in [1.29, 1.82) is 0 Å². The second-order valence-electron chi connectivity index (χ2n) is 3.50. The van der Waals surface area contributed by atoms with Gasteiger partial charge in [0, 0.05) is 21.5 Å². The molecular formula is C13H9BrClNO. The number of rotatable bonds is 2. The van der Waals surface area contributed by atoms with Crippen molar-refractivity contribution in [2.75, 3.05) is 0 Å². The minimum Gasteiger partial charge on any atom is -0.508 e. The molecule has 0 aliphatic heterocycles. The van der Waals surface area contributed by atoms with E-state index in [9.17, 15) is 5.11 Å². The Morgan fingerprint density at radius 2 is 2.18 bits per heavy atom. The van der Waals surface area contributed by atoms with Gasteiger partial charge in [-0.1, -0.05) is 40.7 Å². The summed E-state index contributed by atoms with van der Waals surface area (Å²) in [6, 6.07) is 4.87. The van der Waals surface area contributed by atoms with Gasteiger partial charge in [-0.15, -0.1) is 0 Å². The van der Waals surface area contributed by atoms with Crippen LogP contribution in [-0.4, -0.2) is 10.1 Å². The lowest BCUT2D eigenvalue weighted by molar-refractivity contribution is 0.476. The number of phenols is 1. The van der Waals surface area contributed by atoms with Crippen LogP contribution in [0.4, 0.5) is 0 Å². The number of phenolic OH excluding ortho intramolecular Hbond substituents is 1. The quantitative estimate of drug-likeness (QED) is 0.879. The fourth-order valence-corrected chi connectivity index (χ4v) is 2.52. The Kier molecular flexibility index (Phi) is 3.22. The molecular weight excluding hydrogens is 302 g/mol. The van der Waals surface area contributed by atoms with Crippen LogP contribution in [0.2, 0.25) is 5.02 Å². The highest BCUT2D eigenvalue weighted by molar-refractivity contribution is 9.15. The van der Waals surface area contributed by atoms with Gasteiger partial charge in [0.05, 0.1) is 16.2 Å². The number of halogens is 2. The van der Waals surface area contributed by atoms with Crippen LogP contribution in [-0.2, 0) is 0 Å². The van der Waals surface area contributed by atoms with Crippen LogP contribution >= 0.6 is 27.5 Å². The number of benzene rings is 1. The van der Waals surface area contributed by atoms with Crippen molar-refractivity contribution in [3.63, 3.8) is 0 Å². The lowest BCUT2D eigenvalue weighted by Gasteiger charge is -2.10. The van der Waals surface area contributed by atoms with Crippen molar-refractivity contribution in [2.24, 2.45) is 0 Å². The molecule has 4 heteroatoms. The maximum Gasteiger partial charge on any atom is 0.117 e. The number of pyridine rings is 1. The molecule has 0 aliphatic rings. The first kappa shape index (κ1) is 12.1. The van der Waals surface area contributed by atoms with Gasteiger partial charge >= 0.3 is 0 Å². The number of aromatic hydroxyl groups is 1. The van der Waals surface area contributed by atoms with E-state index < -0.39 is 0 Å². The molecule has 0 radical (unpaired) electrons. The Hall–Kier alpha value is -1.32. The number of aromatic nitrogens is 1. The lowest BCUT2D eigenvalue weighted by Crippen LogP contribution is -1.92. The summed E-state index contributed by atoms with van der Waals surface area (Å²) in [6.45, 7) is 7.51. The molecule has 0 aliphatic carbocycles. The van der Waals surface area contributed by atoms with E-state index in [0.29, 0.717) is 20.7 Å². The van der Waals surface area contributed by atoms with Gasteiger partial charge in [0.25, 0.3) is 0 Å². The molecule has 0 atom stereocenters. The summed E-state index contributed by atoms with van der Waals surface area (Å²) in [5.74, 6) is 0.154. The third-order valence-corrected chi connectivity index (χ3v) is 3.19. The molecule has 86 valence electrons. The molecule has 17 heavy (non-hydrogen) atoms. The van der Waals surface area contributed by atoms with Crippen molar-refractivity contribution >= 4 is 49.0 Å². The van der Waals surface area contributed by atoms with Crippen LogP contribution in [0.5, 0.6) is 5.75 Å². The molecule has 1 aromatic heterocycles. The molecule has 2 nitrogen and oxygen atoms in total. The minimum absolute atomic E-state index is 0.154. The van der Waals surface area contributed by atoms with Crippen LogP contribution in [0.3, 0.4) is 0 Å². The Morgan fingerprint density at radius 1 is 1.47 bits per heavy atom. The van der Waals surface area contributed by atoms with Gasteiger partial charge in [-0.2, -0.15) is 0 Å². The molecule has 0 bridgehead atoms. The zero-order chi connectivity index (χ0) is 12.6. The largest absolute Gasteiger partial charge is 0.508 e. The lowest BCUT2D eigenvalue weighted by atomic mass is 10.1. The zero-order valence-electron chi connectivity index (χ0n) is 8.87. The van der Waals surface area contributed by atoms with Crippen LogP contribution in [0, 0.1) is 0 Å². The monoisotopic (exact) mass is 309 g/mol.